The van der Waals surface area contributed by atoms with Crippen LogP contribution in [-0.2, 0) is 16.6 Å². The molecule has 0 N–H and O–H groups in total. The Morgan fingerprint density at radius 3 is 2.14 bits per heavy atom. The van der Waals surface area contributed by atoms with E-state index in [-0.39, 0.29) is 5.04 Å². The maximum absolute atomic E-state index is 10.9. The SMILES string of the molecule is CC(C)(C)[Si](C)(C)Oc1cc(CCC=O)ccc1C12CC3CC(CC(C3)C1)C2. The summed E-state index contributed by atoms with van der Waals surface area (Å²) in [5.74, 6) is 3.95. The van der Waals surface area contributed by atoms with Crippen molar-refractivity contribution < 1.29 is 9.22 Å². The summed E-state index contributed by atoms with van der Waals surface area (Å²) in [5.41, 5.74) is 3.08. The van der Waals surface area contributed by atoms with Crippen LogP contribution < -0.4 is 4.43 Å². The van der Waals surface area contributed by atoms with Crippen LogP contribution in [0.1, 0.15) is 76.8 Å². The molecule has 2 nitrogen and oxygen atoms in total. The van der Waals surface area contributed by atoms with E-state index >= 15 is 0 Å². The Hall–Kier alpha value is -1.09. The number of rotatable bonds is 6. The number of benzene rings is 1. The highest BCUT2D eigenvalue weighted by atomic mass is 28.4. The maximum Gasteiger partial charge on any atom is 0.250 e. The Balaban J connectivity index is 1.73. The van der Waals surface area contributed by atoms with Crippen molar-refractivity contribution in [2.45, 2.75) is 95.7 Å². The molecule has 4 aliphatic rings. The van der Waals surface area contributed by atoms with Crippen molar-refractivity contribution in [3.05, 3.63) is 29.3 Å². The van der Waals surface area contributed by atoms with Gasteiger partial charge < -0.3 is 9.22 Å². The number of aldehydes is 1. The largest absolute Gasteiger partial charge is 0.543 e. The molecule has 1 aromatic rings. The minimum Gasteiger partial charge on any atom is -0.543 e. The molecular formula is C25H38O2Si. The first-order valence-corrected chi connectivity index (χ1v) is 14.3. The second-order valence-electron chi connectivity index (χ2n) is 11.6. The van der Waals surface area contributed by atoms with Crippen LogP contribution in [0.2, 0.25) is 18.1 Å². The Kier molecular flexibility index (Phi) is 5.05. The topological polar surface area (TPSA) is 26.3 Å². The van der Waals surface area contributed by atoms with Gasteiger partial charge in [0.05, 0.1) is 0 Å². The molecule has 0 saturated heterocycles. The minimum atomic E-state index is -1.91. The molecule has 0 unspecified atom stereocenters. The Labute approximate surface area is 172 Å². The van der Waals surface area contributed by atoms with Gasteiger partial charge in [0.15, 0.2) is 0 Å². The van der Waals surface area contributed by atoms with Crippen LogP contribution in [-0.4, -0.2) is 14.6 Å². The fraction of sp³-hybridized carbons (Fsp3) is 0.720. The highest BCUT2D eigenvalue weighted by molar-refractivity contribution is 6.74. The summed E-state index contributed by atoms with van der Waals surface area (Å²) in [6, 6.07) is 6.95. The van der Waals surface area contributed by atoms with Crippen molar-refractivity contribution in [1.29, 1.82) is 0 Å². The molecule has 0 atom stereocenters. The molecule has 5 rings (SSSR count). The van der Waals surface area contributed by atoms with E-state index < -0.39 is 8.32 Å². The van der Waals surface area contributed by atoms with E-state index in [9.17, 15) is 4.79 Å². The summed E-state index contributed by atoms with van der Waals surface area (Å²) in [4.78, 5) is 10.9. The summed E-state index contributed by atoms with van der Waals surface area (Å²) >= 11 is 0. The monoisotopic (exact) mass is 398 g/mol. The predicted octanol–water partition coefficient (Wildman–Crippen LogP) is 6.67. The van der Waals surface area contributed by atoms with E-state index in [1.54, 1.807) is 0 Å². The highest BCUT2D eigenvalue weighted by Crippen LogP contribution is 2.62. The molecule has 0 heterocycles. The van der Waals surface area contributed by atoms with Crippen LogP contribution in [0.15, 0.2) is 18.2 Å². The molecule has 1 aromatic carbocycles. The molecule has 4 fully saturated rings. The van der Waals surface area contributed by atoms with Crippen LogP contribution in [0.3, 0.4) is 0 Å². The van der Waals surface area contributed by atoms with E-state index in [1.807, 2.05) is 0 Å². The van der Waals surface area contributed by atoms with Gasteiger partial charge in [-0.3, -0.25) is 0 Å². The fourth-order valence-electron chi connectivity index (χ4n) is 6.34. The molecule has 4 aliphatic carbocycles. The van der Waals surface area contributed by atoms with Crippen LogP contribution in [0.25, 0.3) is 0 Å². The van der Waals surface area contributed by atoms with E-state index in [2.05, 4.69) is 52.1 Å². The van der Waals surface area contributed by atoms with Crippen LogP contribution in [0.5, 0.6) is 5.75 Å². The van der Waals surface area contributed by atoms with Gasteiger partial charge in [-0.2, -0.15) is 0 Å². The maximum atomic E-state index is 10.9. The molecule has 0 aliphatic heterocycles. The third-order valence-electron chi connectivity index (χ3n) is 8.38. The first-order valence-electron chi connectivity index (χ1n) is 11.4. The van der Waals surface area contributed by atoms with Gasteiger partial charge in [0.25, 0.3) is 0 Å². The number of hydrogen-bond acceptors (Lipinski definition) is 2. The van der Waals surface area contributed by atoms with Crippen molar-refractivity contribution in [2.75, 3.05) is 0 Å². The molecule has 0 spiro atoms. The number of aryl methyl sites for hydroxylation is 1. The van der Waals surface area contributed by atoms with Gasteiger partial charge in [-0.25, -0.2) is 0 Å². The third-order valence-corrected chi connectivity index (χ3v) is 12.7. The standard InChI is InChI=1S/C25H38O2Si/c1-24(2,3)28(4,5)27-23-14-18(7-6-10-26)8-9-22(23)25-15-19-11-20(16-25)13-21(12-19)17-25/h8-10,14,19-21H,6-7,11-13,15-17H2,1-5H3. The molecule has 0 amide bonds. The predicted molar refractivity (Wildman–Crippen MR) is 119 cm³/mol. The Morgan fingerprint density at radius 1 is 1.07 bits per heavy atom. The molecule has 0 radical (unpaired) electrons. The second-order valence-corrected chi connectivity index (χ2v) is 16.3. The minimum absolute atomic E-state index is 0.185. The summed E-state index contributed by atoms with van der Waals surface area (Å²) in [6.07, 6.45) is 10.9. The zero-order valence-corrected chi connectivity index (χ0v) is 19.5. The lowest BCUT2D eigenvalue weighted by atomic mass is 9.48. The van der Waals surface area contributed by atoms with Crippen molar-refractivity contribution in [3.8, 4) is 5.75 Å². The lowest BCUT2D eigenvalue weighted by Gasteiger charge is -2.57. The molecule has 4 saturated carbocycles. The highest BCUT2D eigenvalue weighted by Gasteiger charge is 2.53. The molecule has 28 heavy (non-hydrogen) atoms. The number of carbonyl (C=O) groups is 1. The van der Waals surface area contributed by atoms with Crippen molar-refractivity contribution >= 4 is 14.6 Å². The van der Waals surface area contributed by atoms with Crippen molar-refractivity contribution in [3.63, 3.8) is 0 Å². The first-order chi connectivity index (χ1) is 13.1. The summed E-state index contributed by atoms with van der Waals surface area (Å²) in [5, 5.41) is 0.185. The normalized spacial score (nSPS) is 31.8. The summed E-state index contributed by atoms with van der Waals surface area (Å²) < 4.78 is 6.96. The third kappa shape index (κ3) is 3.60. The van der Waals surface area contributed by atoms with Gasteiger partial charge >= 0.3 is 0 Å². The van der Waals surface area contributed by atoms with Gasteiger partial charge in [0.1, 0.15) is 12.0 Å². The average molecular weight is 399 g/mol. The van der Waals surface area contributed by atoms with Crippen LogP contribution >= 0.6 is 0 Å². The molecule has 4 bridgehead atoms. The molecule has 0 aromatic heterocycles. The molecular weight excluding hydrogens is 360 g/mol. The van der Waals surface area contributed by atoms with E-state index in [4.69, 9.17) is 4.43 Å². The fourth-order valence-corrected chi connectivity index (χ4v) is 7.36. The summed E-state index contributed by atoms with van der Waals surface area (Å²) in [7, 11) is -1.91. The van der Waals surface area contributed by atoms with Gasteiger partial charge in [-0.15, -0.1) is 0 Å². The van der Waals surface area contributed by atoms with Gasteiger partial charge in [-0.05, 0) is 103 Å². The van der Waals surface area contributed by atoms with Crippen molar-refractivity contribution in [2.24, 2.45) is 17.8 Å². The van der Waals surface area contributed by atoms with E-state index in [0.717, 1.165) is 36.2 Å². The average Bonchev–Trinajstić information content (AvgIpc) is 2.57. The number of hydrogen-bond donors (Lipinski definition) is 0. The zero-order valence-electron chi connectivity index (χ0n) is 18.5. The zero-order chi connectivity index (χ0) is 20.2. The lowest BCUT2D eigenvalue weighted by Crippen LogP contribution is -2.49. The smallest absolute Gasteiger partial charge is 0.250 e. The second kappa shape index (κ2) is 7.00. The quantitative estimate of drug-likeness (QED) is 0.395. The van der Waals surface area contributed by atoms with Gasteiger partial charge in [-0.1, -0.05) is 32.9 Å². The lowest BCUT2D eigenvalue weighted by molar-refractivity contribution is -0.107. The summed E-state index contributed by atoms with van der Waals surface area (Å²) in [6.45, 7) is 11.7. The molecule has 154 valence electrons. The molecule has 3 heteroatoms. The van der Waals surface area contributed by atoms with Gasteiger partial charge in [0.2, 0.25) is 8.32 Å². The number of carbonyl (C=O) groups excluding carboxylic acids is 1. The Morgan fingerprint density at radius 2 is 1.64 bits per heavy atom. The van der Waals surface area contributed by atoms with Crippen LogP contribution in [0, 0.1) is 17.8 Å². The Bertz CT molecular complexity index is 708. The van der Waals surface area contributed by atoms with Crippen LogP contribution in [0.4, 0.5) is 0 Å². The first kappa shape index (κ1) is 20.2. The van der Waals surface area contributed by atoms with E-state index in [1.165, 1.54) is 49.7 Å². The van der Waals surface area contributed by atoms with E-state index in [0.29, 0.717) is 11.8 Å². The van der Waals surface area contributed by atoms with Crippen molar-refractivity contribution in [1.82, 2.24) is 0 Å². The van der Waals surface area contributed by atoms with Gasteiger partial charge in [0, 0.05) is 6.42 Å².